The molecular weight excluding hydrogens is 335 g/mol. The zero-order valence-electron chi connectivity index (χ0n) is 12.2. The molecule has 0 aliphatic rings. The Labute approximate surface area is 127 Å². The van der Waals surface area contributed by atoms with Crippen LogP contribution < -0.4 is 0 Å². The Bertz CT molecular complexity index is 434. The van der Waals surface area contributed by atoms with Crippen molar-refractivity contribution in [3.8, 4) is 0 Å². The highest BCUT2D eigenvalue weighted by atomic mass is 19.4. The van der Waals surface area contributed by atoms with Crippen molar-refractivity contribution >= 4 is 17.9 Å². The molecular formula is C12H15F5O6. The van der Waals surface area contributed by atoms with Crippen LogP contribution in [0.5, 0.6) is 0 Å². The van der Waals surface area contributed by atoms with Gasteiger partial charge in [0.2, 0.25) is 6.79 Å². The summed E-state index contributed by atoms with van der Waals surface area (Å²) in [5.74, 6) is -9.26. The number of ether oxygens (including phenoxy) is 3. The van der Waals surface area contributed by atoms with Gasteiger partial charge in [-0.2, -0.15) is 22.0 Å². The first-order chi connectivity index (χ1) is 10.4. The first kappa shape index (κ1) is 21.1. The number of halogens is 5. The van der Waals surface area contributed by atoms with E-state index < -0.39 is 55.7 Å². The summed E-state index contributed by atoms with van der Waals surface area (Å²) in [6.45, 7) is 0.215. The van der Waals surface area contributed by atoms with E-state index in [4.69, 9.17) is 0 Å². The van der Waals surface area contributed by atoms with Gasteiger partial charge in [0, 0.05) is 0 Å². The van der Waals surface area contributed by atoms with E-state index in [1.807, 2.05) is 0 Å². The molecule has 0 bridgehead atoms. The van der Waals surface area contributed by atoms with Gasteiger partial charge in [-0.1, -0.05) is 13.8 Å². The molecule has 134 valence electrons. The topological polar surface area (TPSA) is 78.9 Å². The zero-order chi connectivity index (χ0) is 18.3. The van der Waals surface area contributed by atoms with Gasteiger partial charge in [0.1, 0.15) is 6.42 Å². The van der Waals surface area contributed by atoms with Gasteiger partial charge >= 0.3 is 30.0 Å². The molecule has 1 unspecified atom stereocenters. The number of carbonyl (C=O) groups is 3. The molecule has 11 heteroatoms. The van der Waals surface area contributed by atoms with Gasteiger partial charge in [0.05, 0.1) is 5.92 Å². The molecule has 23 heavy (non-hydrogen) atoms. The number of rotatable bonds is 8. The maximum absolute atomic E-state index is 12.5. The number of alkyl halides is 5. The molecule has 0 heterocycles. The van der Waals surface area contributed by atoms with Crippen molar-refractivity contribution in [2.45, 2.75) is 38.8 Å². The largest absolute Gasteiger partial charge is 0.458 e. The molecule has 0 aromatic carbocycles. The molecule has 0 fully saturated rings. The predicted molar refractivity (Wildman–Crippen MR) is 63.1 cm³/mol. The molecule has 0 saturated carbocycles. The lowest BCUT2D eigenvalue weighted by Gasteiger charge is -2.18. The van der Waals surface area contributed by atoms with Crippen molar-refractivity contribution in [3.63, 3.8) is 0 Å². The van der Waals surface area contributed by atoms with E-state index in [1.165, 1.54) is 0 Å². The van der Waals surface area contributed by atoms with Crippen molar-refractivity contribution < 1.29 is 50.5 Å². The summed E-state index contributed by atoms with van der Waals surface area (Å²) in [7, 11) is 0. The monoisotopic (exact) mass is 350 g/mol. The SMILES string of the molecule is CCC(C)C(=O)OCOC(=O)CC(=O)OCC(F)(F)C(F)(F)F. The molecule has 0 aliphatic carbocycles. The van der Waals surface area contributed by atoms with E-state index in [9.17, 15) is 36.3 Å². The lowest BCUT2D eigenvalue weighted by atomic mass is 10.1. The third-order valence-electron chi connectivity index (χ3n) is 2.55. The fraction of sp³-hybridized carbons (Fsp3) is 0.750. The molecule has 0 spiro atoms. The lowest BCUT2D eigenvalue weighted by Crippen LogP contribution is -2.41. The zero-order valence-corrected chi connectivity index (χ0v) is 12.2. The average Bonchev–Trinajstić information content (AvgIpc) is 2.42. The van der Waals surface area contributed by atoms with Gasteiger partial charge in [-0.25, -0.2) is 0 Å². The number of hydrogen-bond donors (Lipinski definition) is 0. The second-order valence-corrected chi connectivity index (χ2v) is 4.45. The summed E-state index contributed by atoms with van der Waals surface area (Å²) in [6, 6.07) is 0. The normalized spacial score (nSPS) is 13.2. The van der Waals surface area contributed by atoms with Crippen molar-refractivity contribution in [3.05, 3.63) is 0 Å². The van der Waals surface area contributed by atoms with Crippen LogP contribution in [0.3, 0.4) is 0 Å². The lowest BCUT2D eigenvalue weighted by molar-refractivity contribution is -0.294. The molecule has 0 saturated heterocycles. The Morgan fingerprint density at radius 2 is 1.48 bits per heavy atom. The van der Waals surface area contributed by atoms with E-state index in [0.29, 0.717) is 6.42 Å². The Balaban J connectivity index is 4.08. The van der Waals surface area contributed by atoms with Crippen molar-refractivity contribution in [1.82, 2.24) is 0 Å². The maximum atomic E-state index is 12.5. The minimum atomic E-state index is -5.88. The van der Waals surface area contributed by atoms with Gasteiger partial charge in [0.15, 0.2) is 6.61 Å². The van der Waals surface area contributed by atoms with Crippen LogP contribution in [-0.2, 0) is 28.6 Å². The quantitative estimate of drug-likeness (QED) is 0.289. The third kappa shape index (κ3) is 7.75. The highest BCUT2D eigenvalue weighted by Gasteiger charge is 2.58. The van der Waals surface area contributed by atoms with Crippen LogP contribution in [0.2, 0.25) is 0 Å². The maximum Gasteiger partial charge on any atom is 0.456 e. The molecule has 0 amide bonds. The Kier molecular flexibility index (Phi) is 7.90. The second-order valence-electron chi connectivity index (χ2n) is 4.45. The molecule has 0 aromatic heterocycles. The second kappa shape index (κ2) is 8.63. The van der Waals surface area contributed by atoms with Gasteiger partial charge in [0.25, 0.3) is 0 Å². The number of carbonyl (C=O) groups excluding carboxylic acids is 3. The van der Waals surface area contributed by atoms with Crippen LogP contribution in [0.1, 0.15) is 26.7 Å². The molecule has 0 N–H and O–H groups in total. The van der Waals surface area contributed by atoms with Crippen LogP contribution in [-0.4, -0.2) is 43.4 Å². The smallest absolute Gasteiger partial charge is 0.456 e. The average molecular weight is 350 g/mol. The van der Waals surface area contributed by atoms with Crippen molar-refractivity contribution in [2.24, 2.45) is 5.92 Å². The molecule has 1 atom stereocenters. The first-order valence-corrected chi connectivity index (χ1v) is 6.33. The van der Waals surface area contributed by atoms with E-state index in [1.54, 1.807) is 13.8 Å². The van der Waals surface area contributed by atoms with Crippen LogP contribution in [0.25, 0.3) is 0 Å². The Morgan fingerprint density at radius 3 is 1.96 bits per heavy atom. The first-order valence-electron chi connectivity index (χ1n) is 6.33. The highest BCUT2D eigenvalue weighted by Crippen LogP contribution is 2.35. The molecule has 0 aliphatic heterocycles. The van der Waals surface area contributed by atoms with Crippen LogP contribution in [0.4, 0.5) is 22.0 Å². The third-order valence-corrected chi connectivity index (χ3v) is 2.55. The number of esters is 3. The van der Waals surface area contributed by atoms with Gasteiger partial charge in [-0.05, 0) is 6.42 Å². The van der Waals surface area contributed by atoms with Crippen LogP contribution in [0.15, 0.2) is 0 Å². The van der Waals surface area contributed by atoms with E-state index in [-0.39, 0.29) is 0 Å². The molecule has 0 aromatic rings. The van der Waals surface area contributed by atoms with Gasteiger partial charge in [-0.3, -0.25) is 14.4 Å². The predicted octanol–water partition coefficient (Wildman–Crippen LogP) is 2.21. The summed E-state index contributed by atoms with van der Waals surface area (Å²) in [4.78, 5) is 33.2. The summed E-state index contributed by atoms with van der Waals surface area (Å²) in [6.07, 6.45) is -6.60. The van der Waals surface area contributed by atoms with E-state index in [0.717, 1.165) is 0 Å². The van der Waals surface area contributed by atoms with E-state index in [2.05, 4.69) is 14.2 Å². The van der Waals surface area contributed by atoms with Gasteiger partial charge < -0.3 is 14.2 Å². The van der Waals surface area contributed by atoms with E-state index >= 15 is 0 Å². The number of hydrogen-bond acceptors (Lipinski definition) is 6. The van der Waals surface area contributed by atoms with Crippen LogP contribution >= 0.6 is 0 Å². The summed E-state index contributed by atoms with van der Waals surface area (Å²) in [5.41, 5.74) is 0. The summed E-state index contributed by atoms with van der Waals surface area (Å²) >= 11 is 0. The standard InChI is InChI=1S/C12H15F5O6/c1-3-7(2)10(20)23-6-22-9(19)4-8(18)21-5-11(13,14)12(15,16)17/h7H,3-6H2,1-2H3. The fourth-order valence-corrected chi connectivity index (χ4v) is 0.935. The minimum Gasteiger partial charge on any atom is -0.458 e. The minimum absolute atomic E-state index is 0.441. The molecule has 0 rings (SSSR count). The summed E-state index contributed by atoms with van der Waals surface area (Å²) in [5, 5.41) is 0. The summed E-state index contributed by atoms with van der Waals surface area (Å²) < 4.78 is 72.8. The Morgan fingerprint density at radius 1 is 0.957 bits per heavy atom. The van der Waals surface area contributed by atoms with Crippen molar-refractivity contribution in [1.29, 1.82) is 0 Å². The molecule has 6 nitrogen and oxygen atoms in total. The van der Waals surface area contributed by atoms with Crippen LogP contribution in [0, 0.1) is 5.92 Å². The molecule has 0 radical (unpaired) electrons. The highest BCUT2D eigenvalue weighted by molar-refractivity contribution is 5.91. The Hall–Kier alpha value is -1.94. The fourth-order valence-electron chi connectivity index (χ4n) is 0.935. The van der Waals surface area contributed by atoms with Crippen molar-refractivity contribution in [2.75, 3.05) is 13.4 Å². The van der Waals surface area contributed by atoms with Gasteiger partial charge in [-0.15, -0.1) is 0 Å².